The van der Waals surface area contributed by atoms with Crippen LogP contribution in [0.5, 0.6) is 5.75 Å². The number of carbonyl (C=O) groups is 1. The van der Waals surface area contributed by atoms with Gasteiger partial charge in [-0.15, -0.1) is 11.3 Å². The smallest absolute Gasteiger partial charge is 0.262 e. The number of nitrogens with zero attached hydrogens (tertiary/aromatic N) is 2. The van der Waals surface area contributed by atoms with Crippen LogP contribution in [0.25, 0.3) is 10.2 Å². The fourth-order valence-corrected chi connectivity index (χ4v) is 3.74. The zero-order chi connectivity index (χ0) is 18.8. The maximum atomic E-state index is 12.7. The number of aryl methyl sites for hydroxylation is 1. The number of hydrogen-bond acceptors (Lipinski definition) is 5. The Hall–Kier alpha value is -2.38. The van der Waals surface area contributed by atoms with Crippen molar-refractivity contribution >= 4 is 44.7 Å². The van der Waals surface area contributed by atoms with Crippen molar-refractivity contribution in [1.82, 2.24) is 9.55 Å². The molecule has 2 aromatic heterocycles. The summed E-state index contributed by atoms with van der Waals surface area (Å²) in [6, 6.07) is 6.08. The third kappa shape index (κ3) is 3.45. The van der Waals surface area contributed by atoms with E-state index in [0.717, 1.165) is 11.3 Å². The largest absolute Gasteiger partial charge is 0.495 e. The highest BCUT2D eigenvalue weighted by molar-refractivity contribution is 7.18. The van der Waals surface area contributed by atoms with Gasteiger partial charge in [-0.1, -0.05) is 18.5 Å². The van der Waals surface area contributed by atoms with Gasteiger partial charge in [0, 0.05) is 10.6 Å². The van der Waals surface area contributed by atoms with Crippen molar-refractivity contribution in [2.75, 3.05) is 12.4 Å². The predicted molar refractivity (Wildman–Crippen MR) is 105 cm³/mol. The van der Waals surface area contributed by atoms with E-state index in [2.05, 4.69) is 10.3 Å². The number of aromatic nitrogens is 2. The Morgan fingerprint density at radius 2 is 2.19 bits per heavy atom. The number of carbonyl (C=O) groups excluding carboxylic acids is 1. The van der Waals surface area contributed by atoms with Crippen LogP contribution in [0.15, 0.2) is 35.4 Å². The number of methoxy groups -OCH3 is 1. The first-order valence-electron chi connectivity index (χ1n) is 8.08. The van der Waals surface area contributed by atoms with Gasteiger partial charge in [0.1, 0.15) is 16.6 Å². The van der Waals surface area contributed by atoms with Crippen molar-refractivity contribution in [3.8, 4) is 5.75 Å². The van der Waals surface area contributed by atoms with E-state index in [-0.39, 0.29) is 11.5 Å². The molecule has 0 aliphatic heterocycles. The van der Waals surface area contributed by atoms with E-state index in [1.165, 1.54) is 29.3 Å². The summed E-state index contributed by atoms with van der Waals surface area (Å²) in [6.07, 6.45) is 2.26. The molecule has 0 fully saturated rings. The average molecular weight is 392 g/mol. The molecular formula is C18H18ClN3O3S. The van der Waals surface area contributed by atoms with Gasteiger partial charge in [-0.3, -0.25) is 14.2 Å². The normalized spacial score (nSPS) is 12.2. The number of amides is 1. The molecule has 1 atom stereocenters. The predicted octanol–water partition coefficient (Wildman–Crippen LogP) is 3.88. The topological polar surface area (TPSA) is 73.2 Å². The van der Waals surface area contributed by atoms with Crippen LogP contribution >= 0.6 is 22.9 Å². The van der Waals surface area contributed by atoms with Crippen molar-refractivity contribution in [2.24, 2.45) is 0 Å². The zero-order valence-corrected chi connectivity index (χ0v) is 16.1. The molecule has 3 aromatic rings. The SMILES string of the molecule is CCc1cc2c(=O)n([C@H](C)C(=O)Nc3ccc(OC)c(Cl)c3)cnc2s1. The fourth-order valence-electron chi connectivity index (χ4n) is 2.55. The van der Waals surface area contributed by atoms with E-state index in [9.17, 15) is 9.59 Å². The van der Waals surface area contributed by atoms with Crippen LogP contribution < -0.4 is 15.6 Å². The minimum absolute atomic E-state index is 0.221. The molecule has 0 aliphatic rings. The monoisotopic (exact) mass is 391 g/mol. The van der Waals surface area contributed by atoms with E-state index in [0.29, 0.717) is 26.7 Å². The lowest BCUT2D eigenvalue weighted by Gasteiger charge is -2.15. The summed E-state index contributed by atoms with van der Waals surface area (Å²) in [5, 5.41) is 3.70. The van der Waals surface area contributed by atoms with Crippen molar-refractivity contribution in [3.05, 3.63) is 50.8 Å². The lowest BCUT2D eigenvalue weighted by Crippen LogP contribution is -2.31. The number of ether oxygens (including phenoxy) is 1. The minimum atomic E-state index is -0.717. The summed E-state index contributed by atoms with van der Waals surface area (Å²) in [4.78, 5) is 31.4. The second-order valence-electron chi connectivity index (χ2n) is 5.76. The summed E-state index contributed by atoms with van der Waals surface area (Å²) in [5.74, 6) is 0.188. The van der Waals surface area contributed by atoms with E-state index in [4.69, 9.17) is 16.3 Å². The van der Waals surface area contributed by atoms with Crippen molar-refractivity contribution < 1.29 is 9.53 Å². The van der Waals surface area contributed by atoms with Gasteiger partial charge < -0.3 is 10.1 Å². The summed E-state index contributed by atoms with van der Waals surface area (Å²) < 4.78 is 6.43. The maximum Gasteiger partial charge on any atom is 0.262 e. The molecule has 0 radical (unpaired) electrons. The molecule has 1 amide bonds. The zero-order valence-electron chi connectivity index (χ0n) is 14.6. The first-order chi connectivity index (χ1) is 12.4. The van der Waals surface area contributed by atoms with Crippen LogP contribution in [0.3, 0.4) is 0 Å². The lowest BCUT2D eigenvalue weighted by atomic mass is 10.2. The molecule has 26 heavy (non-hydrogen) atoms. The van der Waals surface area contributed by atoms with Crippen LogP contribution in [-0.2, 0) is 11.2 Å². The molecule has 1 aromatic carbocycles. The number of rotatable bonds is 5. The molecule has 6 nitrogen and oxygen atoms in total. The maximum absolute atomic E-state index is 12.7. The van der Waals surface area contributed by atoms with Crippen LogP contribution in [0, 0.1) is 0 Å². The number of benzene rings is 1. The van der Waals surface area contributed by atoms with Gasteiger partial charge in [-0.05, 0) is 37.6 Å². The molecule has 8 heteroatoms. The van der Waals surface area contributed by atoms with Gasteiger partial charge in [-0.25, -0.2) is 4.98 Å². The summed E-state index contributed by atoms with van der Waals surface area (Å²) in [6.45, 7) is 3.68. The molecular weight excluding hydrogens is 374 g/mol. The molecule has 2 heterocycles. The Balaban J connectivity index is 1.86. The second-order valence-corrected chi connectivity index (χ2v) is 7.28. The van der Waals surface area contributed by atoms with Crippen molar-refractivity contribution in [3.63, 3.8) is 0 Å². The van der Waals surface area contributed by atoms with Crippen molar-refractivity contribution in [2.45, 2.75) is 26.3 Å². The van der Waals surface area contributed by atoms with Gasteiger partial charge in [-0.2, -0.15) is 0 Å². The van der Waals surface area contributed by atoms with Gasteiger partial charge >= 0.3 is 0 Å². The second kappa shape index (κ2) is 7.47. The minimum Gasteiger partial charge on any atom is -0.495 e. The Kier molecular flexibility index (Phi) is 5.29. The van der Waals surface area contributed by atoms with Crippen molar-refractivity contribution in [1.29, 1.82) is 0 Å². The summed E-state index contributed by atoms with van der Waals surface area (Å²) >= 11 is 7.57. The number of nitrogens with one attached hydrogen (secondary N) is 1. The molecule has 0 bridgehead atoms. The van der Waals surface area contributed by atoms with E-state index < -0.39 is 6.04 Å². The molecule has 136 valence electrons. The third-order valence-corrected chi connectivity index (χ3v) is 5.58. The van der Waals surface area contributed by atoms with E-state index in [1.807, 2.05) is 13.0 Å². The highest BCUT2D eigenvalue weighted by Gasteiger charge is 2.19. The standard InChI is InChI=1S/C18H18ClN3O3S/c1-4-12-8-13-17(26-12)20-9-22(18(13)24)10(2)16(23)21-11-5-6-15(25-3)14(19)7-11/h5-10H,4H2,1-3H3,(H,21,23)/t10-/m1/s1. The highest BCUT2D eigenvalue weighted by Crippen LogP contribution is 2.27. The number of halogens is 1. The number of anilines is 1. The molecule has 0 aliphatic carbocycles. The van der Waals surface area contributed by atoms with E-state index >= 15 is 0 Å². The molecule has 1 N–H and O–H groups in total. The molecule has 0 saturated carbocycles. The first kappa shape index (κ1) is 18.4. The van der Waals surface area contributed by atoms with Crippen LogP contribution in [0.1, 0.15) is 24.8 Å². The van der Waals surface area contributed by atoms with E-state index in [1.54, 1.807) is 25.1 Å². The Morgan fingerprint density at radius 1 is 1.42 bits per heavy atom. The molecule has 3 rings (SSSR count). The molecule has 0 spiro atoms. The average Bonchev–Trinajstić information content (AvgIpc) is 3.06. The highest BCUT2D eigenvalue weighted by atomic mass is 35.5. The first-order valence-corrected chi connectivity index (χ1v) is 9.28. The number of thiophene rings is 1. The Morgan fingerprint density at radius 3 is 2.85 bits per heavy atom. The van der Waals surface area contributed by atoms with Gasteiger partial charge in [0.2, 0.25) is 5.91 Å². The van der Waals surface area contributed by atoms with Gasteiger partial charge in [0.15, 0.2) is 0 Å². The van der Waals surface area contributed by atoms with Crippen LogP contribution in [-0.4, -0.2) is 22.6 Å². The van der Waals surface area contributed by atoms with Crippen LogP contribution in [0.2, 0.25) is 5.02 Å². The Labute approximate surface area is 159 Å². The number of fused-ring (bicyclic) bond motifs is 1. The number of hydrogen-bond donors (Lipinski definition) is 1. The van der Waals surface area contributed by atoms with Gasteiger partial charge in [0.05, 0.1) is 23.8 Å². The van der Waals surface area contributed by atoms with Gasteiger partial charge in [0.25, 0.3) is 5.56 Å². The quantitative estimate of drug-likeness (QED) is 0.716. The fraction of sp³-hybridized carbons (Fsp3) is 0.278. The molecule has 0 unspecified atom stereocenters. The third-order valence-electron chi connectivity index (χ3n) is 4.09. The lowest BCUT2D eigenvalue weighted by molar-refractivity contribution is -0.118. The molecule has 0 saturated heterocycles. The summed E-state index contributed by atoms with van der Waals surface area (Å²) in [7, 11) is 1.52. The summed E-state index contributed by atoms with van der Waals surface area (Å²) in [5.41, 5.74) is 0.305. The van der Waals surface area contributed by atoms with Crippen LogP contribution in [0.4, 0.5) is 5.69 Å². The Bertz CT molecular complexity index is 1030.